The minimum absolute atomic E-state index is 0.194. The average Bonchev–Trinajstić information content (AvgIpc) is 2.30. The zero-order valence-electron chi connectivity index (χ0n) is 9.76. The van der Waals surface area contributed by atoms with E-state index in [0.29, 0.717) is 6.54 Å². The molecule has 0 aliphatic rings. The molecule has 0 saturated heterocycles. The minimum atomic E-state index is -0.194. The van der Waals surface area contributed by atoms with Crippen molar-refractivity contribution in [3.63, 3.8) is 0 Å². The Morgan fingerprint density at radius 3 is 2.59 bits per heavy atom. The van der Waals surface area contributed by atoms with Gasteiger partial charge in [-0.25, -0.2) is 4.79 Å². The molecule has 4 heteroatoms. The fraction of sp³-hybridized carbons (Fsp3) is 0.231. The highest BCUT2D eigenvalue weighted by Gasteiger charge is 1.98. The van der Waals surface area contributed by atoms with E-state index in [2.05, 4.69) is 4.98 Å². The first-order valence-electron chi connectivity index (χ1n) is 5.53. The summed E-state index contributed by atoms with van der Waals surface area (Å²) in [6.45, 7) is 2.45. The van der Waals surface area contributed by atoms with Gasteiger partial charge >= 0.3 is 5.69 Å². The van der Waals surface area contributed by atoms with Crippen LogP contribution in [-0.2, 0) is 13.0 Å². The molecule has 2 aromatic rings. The van der Waals surface area contributed by atoms with Crippen LogP contribution in [0, 0.1) is 6.92 Å². The van der Waals surface area contributed by atoms with Crippen molar-refractivity contribution in [3.8, 4) is 0 Å². The third-order valence-electron chi connectivity index (χ3n) is 2.63. The van der Waals surface area contributed by atoms with Gasteiger partial charge in [-0.15, -0.1) is 0 Å². The van der Waals surface area contributed by atoms with Crippen LogP contribution in [0.4, 0.5) is 5.69 Å². The lowest BCUT2D eigenvalue weighted by molar-refractivity contribution is 0.645. The summed E-state index contributed by atoms with van der Waals surface area (Å²) in [7, 11) is 0. The van der Waals surface area contributed by atoms with Crippen LogP contribution in [0.15, 0.2) is 41.3 Å². The second kappa shape index (κ2) is 4.82. The van der Waals surface area contributed by atoms with Gasteiger partial charge < -0.3 is 5.73 Å². The van der Waals surface area contributed by atoms with E-state index in [-0.39, 0.29) is 5.69 Å². The molecule has 1 aromatic carbocycles. The fourth-order valence-corrected chi connectivity index (χ4v) is 1.62. The number of nitrogens with zero attached hydrogens (tertiary/aromatic N) is 2. The van der Waals surface area contributed by atoms with Crippen molar-refractivity contribution in [2.75, 3.05) is 5.73 Å². The van der Waals surface area contributed by atoms with E-state index in [0.717, 1.165) is 23.4 Å². The van der Waals surface area contributed by atoms with Gasteiger partial charge in [0.25, 0.3) is 0 Å². The lowest BCUT2D eigenvalue weighted by Gasteiger charge is -2.05. The summed E-state index contributed by atoms with van der Waals surface area (Å²) in [5.41, 5.74) is 8.08. The van der Waals surface area contributed by atoms with E-state index < -0.39 is 0 Å². The van der Waals surface area contributed by atoms with Crippen LogP contribution in [0.5, 0.6) is 0 Å². The van der Waals surface area contributed by atoms with Crippen molar-refractivity contribution in [1.29, 1.82) is 0 Å². The molecular formula is C13H15N3O. The maximum Gasteiger partial charge on any atom is 0.347 e. The molecule has 4 nitrogen and oxygen atoms in total. The Balaban J connectivity index is 2.07. The standard InChI is InChI=1S/C13H15N3O/c1-10-6-8-16(13(17)15-10)9-7-11-2-4-12(14)5-3-11/h2-6,8H,7,9,14H2,1H3. The molecule has 1 aromatic heterocycles. The Kier molecular flexibility index (Phi) is 3.23. The van der Waals surface area contributed by atoms with E-state index in [1.165, 1.54) is 0 Å². The number of benzene rings is 1. The molecule has 0 fully saturated rings. The van der Waals surface area contributed by atoms with Crippen molar-refractivity contribution in [2.45, 2.75) is 19.9 Å². The first kappa shape index (κ1) is 11.4. The molecular weight excluding hydrogens is 214 g/mol. The van der Waals surface area contributed by atoms with Crippen LogP contribution < -0.4 is 11.4 Å². The highest BCUT2D eigenvalue weighted by Crippen LogP contribution is 2.06. The number of hydrogen-bond acceptors (Lipinski definition) is 3. The van der Waals surface area contributed by atoms with E-state index in [1.54, 1.807) is 10.8 Å². The van der Waals surface area contributed by atoms with Crippen molar-refractivity contribution < 1.29 is 0 Å². The summed E-state index contributed by atoms with van der Waals surface area (Å²) in [5, 5.41) is 0. The maximum atomic E-state index is 11.5. The third kappa shape index (κ3) is 2.93. The third-order valence-corrected chi connectivity index (χ3v) is 2.63. The largest absolute Gasteiger partial charge is 0.399 e. The van der Waals surface area contributed by atoms with Gasteiger partial charge in [0.05, 0.1) is 0 Å². The van der Waals surface area contributed by atoms with Gasteiger partial charge in [-0.3, -0.25) is 4.57 Å². The second-order valence-corrected chi connectivity index (χ2v) is 4.04. The Morgan fingerprint density at radius 2 is 1.94 bits per heavy atom. The van der Waals surface area contributed by atoms with Crippen LogP contribution in [-0.4, -0.2) is 9.55 Å². The van der Waals surface area contributed by atoms with Crippen molar-refractivity contribution in [3.05, 3.63) is 58.3 Å². The quantitative estimate of drug-likeness (QED) is 0.809. The van der Waals surface area contributed by atoms with Gasteiger partial charge in [0.15, 0.2) is 0 Å². The van der Waals surface area contributed by atoms with E-state index in [4.69, 9.17) is 5.73 Å². The monoisotopic (exact) mass is 229 g/mol. The molecule has 2 rings (SSSR count). The zero-order chi connectivity index (χ0) is 12.3. The molecule has 0 bridgehead atoms. The fourth-order valence-electron chi connectivity index (χ4n) is 1.62. The first-order valence-corrected chi connectivity index (χ1v) is 5.53. The van der Waals surface area contributed by atoms with Crippen LogP contribution in [0.25, 0.3) is 0 Å². The summed E-state index contributed by atoms with van der Waals surface area (Å²) in [6.07, 6.45) is 2.58. The molecule has 0 aliphatic heterocycles. The SMILES string of the molecule is Cc1ccn(CCc2ccc(N)cc2)c(=O)n1. The molecule has 0 saturated carbocycles. The van der Waals surface area contributed by atoms with Gasteiger partial charge in [0.1, 0.15) is 0 Å². The Bertz CT molecular complexity index is 558. The Hall–Kier alpha value is -2.10. The van der Waals surface area contributed by atoms with Crippen LogP contribution in [0.2, 0.25) is 0 Å². The number of aryl methyl sites for hydroxylation is 3. The van der Waals surface area contributed by atoms with Crippen molar-refractivity contribution >= 4 is 5.69 Å². The predicted octanol–water partition coefficient (Wildman–Crippen LogP) is 1.38. The highest BCUT2D eigenvalue weighted by molar-refractivity contribution is 5.39. The smallest absolute Gasteiger partial charge is 0.347 e. The van der Waals surface area contributed by atoms with Gasteiger partial charge in [-0.05, 0) is 37.1 Å². The molecule has 0 spiro atoms. The van der Waals surface area contributed by atoms with Gasteiger partial charge in [-0.2, -0.15) is 4.98 Å². The minimum Gasteiger partial charge on any atom is -0.399 e. The molecule has 0 amide bonds. The molecule has 0 atom stereocenters. The second-order valence-electron chi connectivity index (χ2n) is 4.04. The van der Waals surface area contributed by atoms with Gasteiger partial charge in [0, 0.05) is 24.1 Å². The summed E-state index contributed by atoms with van der Waals surface area (Å²) < 4.78 is 1.61. The number of nitrogens with two attached hydrogens (primary N) is 1. The summed E-state index contributed by atoms with van der Waals surface area (Å²) in [5.74, 6) is 0. The Morgan fingerprint density at radius 1 is 1.24 bits per heavy atom. The van der Waals surface area contributed by atoms with Gasteiger partial charge in [-0.1, -0.05) is 12.1 Å². The van der Waals surface area contributed by atoms with Crippen LogP contribution >= 0.6 is 0 Å². The topological polar surface area (TPSA) is 60.9 Å². The van der Waals surface area contributed by atoms with E-state index in [1.807, 2.05) is 37.3 Å². The van der Waals surface area contributed by atoms with Crippen LogP contribution in [0.3, 0.4) is 0 Å². The summed E-state index contributed by atoms with van der Waals surface area (Å²) >= 11 is 0. The summed E-state index contributed by atoms with van der Waals surface area (Å²) in [4.78, 5) is 15.4. The normalized spacial score (nSPS) is 10.4. The van der Waals surface area contributed by atoms with E-state index in [9.17, 15) is 4.79 Å². The maximum absolute atomic E-state index is 11.5. The zero-order valence-corrected chi connectivity index (χ0v) is 9.76. The molecule has 17 heavy (non-hydrogen) atoms. The molecule has 2 N–H and O–H groups in total. The lowest BCUT2D eigenvalue weighted by atomic mass is 10.1. The highest BCUT2D eigenvalue weighted by atomic mass is 16.1. The average molecular weight is 229 g/mol. The van der Waals surface area contributed by atoms with Crippen molar-refractivity contribution in [1.82, 2.24) is 9.55 Å². The number of hydrogen-bond donors (Lipinski definition) is 1. The number of aromatic nitrogens is 2. The molecule has 88 valence electrons. The molecule has 0 radical (unpaired) electrons. The van der Waals surface area contributed by atoms with Crippen molar-refractivity contribution in [2.24, 2.45) is 0 Å². The molecule has 0 unspecified atom stereocenters. The predicted molar refractivity (Wildman–Crippen MR) is 67.8 cm³/mol. The van der Waals surface area contributed by atoms with Gasteiger partial charge in [0.2, 0.25) is 0 Å². The van der Waals surface area contributed by atoms with Crippen LogP contribution in [0.1, 0.15) is 11.3 Å². The first-order chi connectivity index (χ1) is 8.15. The summed E-state index contributed by atoms with van der Waals surface area (Å²) in [6, 6.07) is 9.52. The number of rotatable bonds is 3. The molecule has 0 aliphatic carbocycles. The number of anilines is 1. The van der Waals surface area contributed by atoms with E-state index >= 15 is 0 Å². The number of nitrogen functional groups attached to an aromatic ring is 1. The lowest BCUT2D eigenvalue weighted by Crippen LogP contribution is -2.23. The molecule has 1 heterocycles. The Labute approximate surface area is 99.7 Å².